The number of benzene rings is 1. The highest BCUT2D eigenvalue weighted by Gasteiger charge is 2.12. The van der Waals surface area contributed by atoms with E-state index in [0.29, 0.717) is 11.6 Å². The Kier molecular flexibility index (Phi) is 3.59. The summed E-state index contributed by atoms with van der Waals surface area (Å²) < 4.78 is 1.56. The molecule has 0 spiro atoms. The van der Waals surface area contributed by atoms with Gasteiger partial charge in [-0.1, -0.05) is 11.6 Å². The van der Waals surface area contributed by atoms with Crippen molar-refractivity contribution in [1.82, 2.24) is 15.1 Å². The molecule has 0 fully saturated rings. The van der Waals surface area contributed by atoms with Gasteiger partial charge in [0.25, 0.3) is 5.56 Å². The Balaban J connectivity index is 2.58. The van der Waals surface area contributed by atoms with E-state index < -0.39 is 0 Å². The van der Waals surface area contributed by atoms with E-state index in [1.54, 1.807) is 10.7 Å². The number of aryl methyl sites for hydroxylation is 2. The zero-order valence-electron chi connectivity index (χ0n) is 10.7. The normalized spacial score (nSPS) is 10.9. The molecule has 0 radical (unpaired) electrons. The Morgan fingerprint density at radius 1 is 1.39 bits per heavy atom. The highest BCUT2D eigenvalue weighted by molar-refractivity contribution is 6.30. The zero-order chi connectivity index (χ0) is 13.3. The van der Waals surface area contributed by atoms with E-state index in [-0.39, 0.29) is 5.56 Å². The summed E-state index contributed by atoms with van der Waals surface area (Å²) in [7, 11) is 1.82. The van der Waals surface area contributed by atoms with Gasteiger partial charge in [0.15, 0.2) is 0 Å². The summed E-state index contributed by atoms with van der Waals surface area (Å²) in [5, 5.41) is 6.76. The number of hydrogen-bond acceptors (Lipinski definition) is 2. The van der Waals surface area contributed by atoms with Crippen LogP contribution in [0.5, 0.6) is 0 Å². The summed E-state index contributed by atoms with van der Waals surface area (Å²) in [6.45, 7) is 4.39. The third-order valence-corrected chi connectivity index (χ3v) is 3.18. The van der Waals surface area contributed by atoms with Crippen LogP contribution in [0.4, 0.5) is 0 Å². The van der Waals surface area contributed by atoms with E-state index in [1.807, 2.05) is 33.0 Å². The number of rotatable bonds is 3. The predicted molar refractivity (Wildman–Crippen MR) is 73.6 cm³/mol. The van der Waals surface area contributed by atoms with E-state index in [4.69, 9.17) is 11.6 Å². The van der Waals surface area contributed by atoms with Crippen molar-refractivity contribution in [2.24, 2.45) is 0 Å². The van der Waals surface area contributed by atoms with Crippen LogP contribution in [0, 0.1) is 13.8 Å². The number of halogens is 1. The topological polar surface area (TPSA) is 49.8 Å². The summed E-state index contributed by atoms with van der Waals surface area (Å²) >= 11 is 5.92. The average molecular weight is 266 g/mol. The molecule has 0 bridgehead atoms. The van der Waals surface area contributed by atoms with Gasteiger partial charge in [-0.2, -0.15) is 0 Å². The molecule has 0 unspecified atom stereocenters. The quantitative estimate of drug-likeness (QED) is 0.894. The summed E-state index contributed by atoms with van der Waals surface area (Å²) in [6.07, 6.45) is 0. The molecule has 2 rings (SSSR count). The van der Waals surface area contributed by atoms with Crippen molar-refractivity contribution in [2.45, 2.75) is 20.4 Å². The van der Waals surface area contributed by atoms with Crippen LogP contribution in [-0.4, -0.2) is 16.8 Å². The fourth-order valence-electron chi connectivity index (χ4n) is 2.01. The molecular formula is C13H16ClN3O. The Morgan fingerprint density at radius 2 is 2.11 bits per heavy atom. The van der Waals surface area contributed by atoms with Crippen molar-refractivity contribution in [3.8, 4) is 5.69 Å². The number of hydrogen-bond donors (Lipinski definition) is 2. The Hall–Kier alpha value is -1.52. The third kappa shape index (κ3) is 2.21. The minimum Gasteiger partial charge on any atom is -0.315 e. The van der Waals surface area contributed by atoms with Gasteiger partial charge in [0.1, 0.15) is 0 Å². The van der Waals surface area contributed by atoms with Gasteiger partial charge < -0.3 is 5.32 Å². The van der Waals surface area contributed by atoms with Crippen LogP contribution < -0.4 is 10.9 Å². The summed E-state index contributed by atoms with van der Waals surface area (Å²) in [6, 6.07) is 5.47. The molecule has 2 aromatic rings. The first kappa shape index (κ1) is 12.9. The molecule has 5 heteroatoms. The van der Waals surface area contributed by atoms with Gasteiger partial charge in [0.05, 0.1) is 11.3 Å². The van der Waals surface area contributed by atoms with E-state index in [9.17, 15) is 4.79 Å². The highest BCUT2D eigenvalue weighted by Crippen LogP contribution is 2.17. The van der Waals surface area contributed by atoms with E-state index >= 15 is 0 Å². The van der Waals surface area contributed by atoms with Crippen molar-refractivity contribution in [3.63, 3.8) is 0 Å². The SMILES string of the molecule is CNCc1c(C)[nH]n(-c2ccc(Cl)cc2C)c1=O. The van der Waals surface area contributed by atoms with Gasteiger partial charge >= 0.3 is 0 Å². The number of aromatic amines is 1. The number of aromatic nitrogens is 2. The van der Waals surface area contributed by atoms with Crippen LogP contribution in [0.15, 0.2) is 23.0 Å². The summed E-state index contributed by atoms with van der Waals surface area (Å²) in [5.41, 5.74) is 3.40. The molecule has 0 saturated carbocycles. The lowest BCUT2D eigenvalue weighted by atomic mass is 10.2. The fraction of sp³-hybridized carbons (Fsp3) is 0.308. The molecule has 0 aliphatic carbocycles. The fourth-order valence-corrected chi connectivity index (χ4v) is 2.23. The second-order valence-electron chi connectivity index (χ2n) is 4.32. The van der Waals surface area contributed by atoms with Gasteiger partial charge in [0.2, 0.25) is 0 Å². The Labute approximate surface area is 111 Å². The lowest BCUT2D eigenvalue weighted by molar-refractivity contribution is 0.800. The molecule has 1 heterocycles. The predicted octanol–water partition coefficient (Wildman–Crippen LogP) is 2.16. The molecule has 0 amide bonds. The minimum atomic E-state index is -0.0210. The zero-order valence-corrected chi connectivity index (χ0v) is 11.4. The molecule has 2 N–H and O–H groups in total. The molecule has 0 saturated heterocycles. The lowest BCUT2D eigenvalue weighted by Gasteiger charge is -2.06. The van der Waals surface area contributed by atoms with Crippen molar-refractivity contribution < 1.29 is 0 Å². The standard InChI is InChI=1S/C13H16ClN3O/c1-8-6-10(14)4-5-12(8)17-13(18)11(7-15-3)9(2)16-17/h4-6,15-16H,7H2,1-3H3. The smallest absolute Gasteiger partial charge is 0.275 e. The molecule has 4 nitrogen and oxygen atoms in total. The van der Waals surface area contributed by atoms with Gasteiger partial charge in [-0.25, -0.2) is 4.68 Å². The monoisotopic (exact) mass is 265 g/mol. The van der Waals surface area contributed by atoms with Crippen molar-refractivity contribution in [2.75, 3.05) is 7.05 Å². The van der Waals surface area contributed by atoms with Crippen LogP contribution in [0.3, 0.4) is 0 Å². The Bertz CT molecular complexity index is 628. The number of nitrogens with one attached hydrogen (secondary N) is 2. The molecule has 1 aromatic heterocycles. The van der Waals surface area contributed by atoms with Crippen molar-refractivity contribution in [1.29, 1.82) is 0 Å². The van der Waals surface area contributed by atoms with Gasteiger partial charge in [-0.3, -0.25) is 9.89 Å². The van der Waals surface area contributed by atoms with Crippen LogP contribution in [0.1, 0.15) is 16.8 Å². The summed E-state index contributed by atoms with van der Waals surface area (Å²) in [4.78, 5) is 12.3. The summed E-state index contributed by atoms with van der Waals surface area (Å²) in [5.74, 6) is 0. The first-order chi connectivity index (χ1) is 8.54. The average Bonchev–Trinajstić information content (AvgIpc) is 2.58. The molecule has 0 aliphatic rings. The molecular weight excluding hydrogens is 250 g/mol. The number of H-pyrrole nitrogens is 1. The highest BCUT2D eigenvalue weighted by atomic mass is 35.5. The third-order valence-electron chi connectivity index (χ3n) is 2.95. The van der Waals surface area contributed by atoms with Gasteiger partial charge in [-0.05, 0) is 44.7 Å². The van der Waals surface area contributed by atoms with Gasteiger partial charge in [-0.15, -0.1) is 0 Å². The van der Waals surface area contributed by atoms with Crippen LogP contribution >= 0.6 is 11.6 Å². The maximum Gasteiger partial charge on any atom is 0.275 e. The second kappa shape index (κ2) is 5.00. The van der Waals surface area contributed by atoms with Crippen molar-refractivity contribution >= 4 is 11.6 Å². The first-order valence-electron chi connectivity index (χ1n) is 5.76. The van der Waals surface area contributed by atoms with Crippen LogP contribution in [0.25, 0.3) is 5.69 Å². The molecule has 1 aromatic carbocycles. The van der Waals surface area contributed by atoms with E-state index in [2.05, 4.69) is 10.4 Å². The van der Waals surface area contributed by atoms with E-state index in [1.165, 1.54) is 0 Å². The molecule has 96 valence electrons. The molecule has 18 heavy (non-hydrogen) atoms. The van der Waals surface area contributed by atoms with E-state index in [0.717, 1.165) is 22.5 Å². The maximum absolute atomic E-state index is 12.3. The second-order valence-corrected chi connectivity index (χ2v) is 4.75. The largest absolute Gasteiger partial charge is 0.315 e. The van der Waals surface area contributed by atoms with Crippen LogP contribution in [0.2, 0.25) is 5.02 Å². The maximum atomic E-state index is 12.3. The first-order valence-corrected chi connectivity index (χ1v) is 6.14. The van der Waals surface area contributed by atoms with Crippen LogP contribution in [-0.2, 0) is 6.54 Å². The van der Waals surface area contributed by atoms with Gasteiger partial charge in [0, 0.05) is 17.3 Å². The number of nitrogens with zero attached hydrogens (tertiary/aromatic N) is 1. The molecule has 0 atom stereocenters. The Morgan fingerprint density at radius 3 is 2.72 bits per heavy atom. The van der Waals surface area contributed by atoms with Crippen molar-refractivity contribution in [3.05, 3.63) is 50.4 Å². The molecule has 0 aliphatic heterocycles. The lowest BCUT2D eigenvalue weighted by Crippen LogP contribution is -2.21. The minimum absolute atomic E-state index is 0.0210.